The van der Waals surface area contributed by atoms with Crippen LogP contribution in [-0.4, -0.2) is 15.8 Å². The fraction of sp³-hybridized carbons (Fsp3) is 0.0625. The highest BCUT2D eigenvalue weighted by Gasteiger charge is 2.11. The van der Waals surface area contributed by atoms with Crippen molar-refractivity contribution in [2.45, 2.75) is 6.92 Å². The molecule has 3 rings (SSSR count). The maximum Gasteiger partial charge on any atom is 0.212 e. The van der Waals surface area contributed by atoms with E-state index in [1.807, 2.05) is 55.5 Å². The minimum absolute atomic E-state index is 0.0988. The second-order valence-electron chi connectivity index (χ2n) is 4.44. The van der Waals surface area contributed by atoms with Gasteiger partial charge in [-0.25, -0.2) is 4.98 Å². The van der Waals surface area contributed by atoms with E-state index >= 15 is 0 Å². The van der Waals surface area contributed by atoms with E-state index in [1.54, 1.807) is 0 Å². The molecular formula is C16H12N2O. The van der Waals surface area contributed by atoms with E-state index in [1.165, 1.54) is 6.20 Å². The number of carbonyl (C=O) groups is 1. The summed E-state index contributed by atoms with van der Waals surface area (Å²) < 4.78 is 0. The molecular weight excluding hydrogens is 236 g/mol. The van der Waals surface area contributed by atoms with Gasteiger partial charge in [0.2, 0.25) is 5.78 Å². The predicted octanol–water partition coefficient (Wildman–Crippen LogP) is 3.17. The van der Waals surface area contributed by atoms with Crippen LogP contribution in [0.25, 0.3) is 11.0 Å². The van der Waals surface area contributed by atoms with Gasteiger partial charge in [-0.3, -0.25) is 9.78 Å². The predicted molar refractivity (Wildman–Crippen MR) is 74.1 cm³/mol. The highest BCUT2D eigenvalue weighted by molar-refractivity contribution is 6.08. The fourth-order valence-corrected chi connectivity index (χ4v) is 1.92. The van der Waals surface area contributed by atoms with Gasteiger partial charge in [0.25, 0.3) is 0 Å². The number of aromatic nitrogens is 2. The number of benzene rings is 2. The van der Waals surface area contributed by atoms with Crippen LogP contribution in [0.4, 0.5) is 0 Å². The maximum absolute atomic E-state index is 12.3. The smallest absolute Gasteiger partial charge is 0.212 e. The van der Waals surface area contributed by atoms with Gasteiger partial charge in [0, 0.05) is 5.56 Å². The normalized spacial score (nSPS) is 10.6. The summed E-state index contributed by atoms with van der Waals surface area (Å²) in [5.74, 6) is -0.0988. The van der Waals surface area contributed by atoms with Crippen molar-refractivity contribution in [3.8, 4) is 0 Å². The molecule has 0 saturated carbocycles. The van der Waals surface area contributed by atoms with Crippen LogP contribution in [-0.2, 0) is 0 Å². The molecule has 0 atom stereocenters. The van der Waals surface area contributed by atoms with Gasteiger partial charge in [-0.1, -0.05) is 42.0 Å². The zero-order valence-corrected chi connectivity index (χ0v) is 10.5. The van der Waals surface area contributed by atoms with Gasteiger partial charge in [-0.15, -0.1) is 0 Å². The molecule has 0 aliphatic heterocycles. The van der Waals surface area contributed by atoms with Gasteiger partial charge in [-0.2, -0.15) is 0 Å². The quantitative estimate of drug-likeness (QED) is 0.654. The van der Waals surface area contributed by atoms with E-state index < -0.39 is 0 Å². The fourth-order valence-electron chi connectivity index (χ4n) is 1.92. The van der Waals surface area contributed by atoms with E-state index in [2.05, 4.69) is 9.97 Å². The molecule has 0 amide bonds. The van der Waals surface area contributed by atoms with Crippen LogP contribution in [0.3, 0.4) is 0 Å². The van der Waals surface area contributed by atoms with Crippen molar-refractivity contribution in [1.82, 2.24) is 9.97 Å². The van der Waals surface area contributed by atoms with Crippen molar-refractivity contribution in [2.75, 3.05) is 0 Å². The lowest BCUT2D eigenvalue weighted by atomic mass is 10.1. The number of ketones is 1. The Bertz CT molecular complexity index is 748. The molecule has 2 aromatic carbocycles. The zero-order valence-electron chi connectivity index (χ0n) is 10.5. The first-order valence-corrected chi connectivity index (χ1v) is 6.07. The van der Waals surface area contributed by atoms with Crippen LogP contribution in [0.15, 0.2) is 54.7 Å². The third kappa shape index (κ3) is 2.22. The van der Waals surface area contributed by atoms with Gasteiger partial charge in [0.1, 0.15) is 5.69 Å². The molecule has 0 aliphatic rings. The van der Waals surface area contributed by atoms with Crippen LogP contribution in [0.1, 0.15) is 21.6 Å². The van der Waals surface area contributed by atoms with Crippen molar-refractivity contribution in [3.05, 3.63) is 71.5 Å². The molecule has 3 heteroatoms. The van der Waals surface area contributed by atoms with E-state index in [0.29, 0.717) is 11.3 Å². The highest BCUT2D eigenvalue weighted by Crippen LogP contribution is 2.12. The van der Waals surface area contributed by atoms with Gasteiger partial charge < -0.3 is 0 Å². The molecule has 3 nitrogen and oxygen atoms in total. The Morgan fingerprint density at radius 3 is 2.37 bits per heavy atom. The number of fused-ring (bicyclic) bond motifs is 1. The minimum atomic E-state index is -0.0988. The molecule has 3 aromatic rings. The number of rotatable bonds is 2. The first-order valence-electron chi connectivity index (χ1n) is 6.07. The summed E-state index contributed by atoms with van der Waals surface area (Å²) in [5, 5.41) is 0. The first kappa shape index (κ1) is 11.5. The molecule has 0 saturated heterocycles. The second kappa shape index (κ2) is 4.61. The lowest BCUT2D eigenvalue weighted by molar-refractivity contribution is 0.103. The van der Waals surface area contributed by atoms with Crippen molar-refractivity contribution < 1.29 is 4.79 Å². The Morgan fingerprint density at radius 2 is 1.63 bits per heavy atom. The summed E-state index contributed by atoms with van der Waals surface area (Å²) in [5.41, 5.74) is 3.67. The standard InChI is InChI=1S/C16H12N2O/c1-11-6-8-12(9-7-11)16(19)15-10-17-13-4-2-3-5-14(13)18-15/h2-10H,1H3. The first-order chi connectivity index (χ1) is 9.24. The average molecular weight is 248 g/mol. The Hall–Kier alpha value is -2.55. The molecule has 0 aliphatic carbocycles. The van der Waals surface area contributed by atoms with E-state index in [9.17, 15) is 4.79 Å². The number of hydrogen-bond acceptors (Lipinski definition) is 3. The lowest BCUT2D eigenvalue weighted by Crippen LogP contribution is -2.05. The number of hydrogen-bond donors (Lipinski definition) is 0. The number of carbonyl (C=O) groups excluding carboxylic acids is 1. The number of para-hydroxylation sites is 2. The third-order valence-corrected chi connectivity index (χ3v) is 2.99. The molecule has 1 heterocycles. The molecule has 19 heavy (non-hydrogen) atoms. The Morgan fingerprint density at radius 1 is 0.947 bits per heavy atom. The van der Waals surface area contributed by atoms with Crippen molar-refractivity contribution >= 4 is 16.8 Å². The Kier molecular flexibility index (Phi) is 2.80. The summed E-state index contributed by atoms with van der Waals surface area (Å²) in [6.45, 7) is 1.99. The van der Waals surface area contributed by atoms with E-state index in [-0.39, 0.29) is 5.78 Å². The van der Waals surface area contributed by atoms with Gasteiger partial charge in [0.15, 0.2) is 0 Å². The monoisotopic (exact) mass is 248 g/mol. The van der Waals surface area contributed by atoms with Crippen molar-refractivity contribution in [1.29, 1.82) is 0 Å². The lowest BCUT2D eigenvalue weighted by Gasteiger charge is -2.02. The molecule has 0 spiro atoms. The SMILES string of the molecule is Cc1ccc(C(=O)c2cnc3ccccc3n2)cc1. The summed E-state index contributed by atoms with van der Waals surface area (Å²) in [6, 6.07) is 15.0. The Balaban J connectivity index is 2.04. The van der Waals surface area contributed by atoms with Crippen molar-refractivity contribution in [2.24, 2.45) is 0 Å². The molecule has 0 radical (unpaired) electrons. The number of nitrogens with zero attached hydrogens (tertiary/aromatic N) is 2. The molecule has 1 aromatic heterocycles. The van der Waals surface area contributed by atoms with Crippen molar-refractivity contribution in [3.63, 3.8) is 0 Å². The largest absolute Gasteiger partial charge is 0.287 e. The van der Waals surface area contributed by atoms with E-state index in [4.69, 9.17) is 0 Å². The summed E-state index contributed by atoms with van der Waals surface area (Å²) in [4.78, 5) is 20.9. The van der Waals surface area contributed by atoms with Gasteiger partial charge in [0.05, 0.1) is 17.2 Å². The topological polar surface area (TPSA) is 42.9 Å². The second-order valence-corrected chi connectivity index (χ2v) is 4.44. The highest BCUT2D eigenvalue weighted by atomic mass is 16.1. The summed E-state index contributed by atoms with van der Waals surface area (Å²) >= 11 is 0. The van der Waals surface area contributed by atoms with Crippen LogP contribution in [0.2, 0.25) is 0 Å². The van der Waals surface area contributed by atoms with Crippen LogP contribution in [0.5, 0.6) is 0 Å². The van der Waals surface area contributed by atoms with Crippen LogP contribution < -0.4 is 0 Å². The molecule has 0 N–H and O–H groups in total. The molecule has 0 bridgehead atoms. The Labute approximate surface area is 111 Å². The zero-order chi connectivity index (χ0) is 13.2. The maximum atomic E-state index is 12.3. The van der Waals surface area contributed by atoms with E-state index in [0.717, 1.165) is 16.6 Å². The minimum Gasteiger partial charge on any atom is -0.287 e. The molecule has 92 valence electrons. The summed E-state index contributed by atoms with van der Waals surface area (Å²) in [6.07, 6.45) is 1.53. The molecule has 0 unspecified atom stereocenters. The molecule has 0 fully saturated rings. The van der Waals surface area contributed by atoms with Crippen LogP contribution in [0, 0.1) is 6.92 Å². The third-order valence-electron chi connectivity index (χ3n) is 2.99. The average Bonchev–Trinajstić information content (AvgIpc) is 2.47. The number of aryl methyl sites for hydroxylation is 1. The summed E-state index contributed by atoms with van der Waals surface area (Å²) in [7, 11) is 0. The van der Waals surface area contributed by atoms with Gasteiger partial charge >= 0.3 is 0 Å². The van der Waals surface area contributed by atoms with Gasteiger partial charge in [-0.05, 0) is 19.1 Å². The van der Waals surface area contributed by atoms with Crippen LogP contribution >= 0.6 is 0 Å².